The smallest absolute Gasteiger partial charge is 0.257 e. The van der Waals surface area contributed by atoms with Crippen LogP contribution in [-0.4, -0.2) is 13.4 Å². The van der Waals surface area contributed by atoms with Crippen molar-refractivity contribution >= 4 is 132 Å². The van der Waals surface area contributed by atoms with Crippen LogP contribution in [-0.2, 0) is 0 Å². The summed E-state index contributed by atoms with van der Waals surface area (Å²) < 4.78 is 0. The highest BCUT2D eigenvalue weighted by atomic mass is 15.3. The molecule has 17 rings (SSSR count). The fourth-order valence-electron chi connectivity index (χ4n) is 14.2. The average Bonchev–Trinajstić information content (AvgIpc) is 3.50. The number of benzene rings is 11. The topological polar surface area (TPSA) is 16.2 Å². The van der Waals surface area contributed by atoms with Gasteiger partial charge >= 0.3 is 0 Å². The predicted octanol–water partition coefficient (Wildman–Crippen LogP) is 13.1. The van der Waals surface area contributed by atoms with E-state index < -0.39 is 0 Å². The first-order chi connectivity index (χ1) is 36.8. The van der Waals surface area contributed by atoms with Gasteiger partial charge in [-0.2, -0.15) is 0 Å². The van der Waals surface area contributed by atoms with Gasteiger partial charge in [0.25, 0.3) is 13.4 Å². The van der Waals surface area contributed by atoms with Crippen LogP contribution in [0.5, 0.6) is 0 Å². The second-order valence-electron chi connectivity index (χ2n) is 20.3. The largest absolute Gasteiger partial charge is 0.311 e. The number of hydrogen-bond donors (Lipinski definition) is 0. The van der Waals surface area contributed by atoms with Crippen molar-refractivity contribution in [3.05, 3.63) is 271 Å². The lowest BCUT2D eigenvalue weighted by molar-refractivity contribution is 0.981. The van der Waals surface area contributed by atoms with E-state index in [0.717, 1.165) is 28.4 Å². The maximum atomic E-state index is 2.66. The molecule has 74 heavy (non-hydrogen) atoms. The highest BCUT2D eigenvalue weighted by Gasteiger charge is 2.57. The lowest BCUT2D eigenvalue weighted by Crippen LogP contribution is -2.69. The second-order valence-corrected chi connectivity index (χ2v) is 20.3. The van der Waals surface area contributed by atoms with Gasteiger partial charge in [-0.25, -0.2) is 0 Å². The van der Waals surface area contributed by atoms with Crippen LogP contribution in [0.1, 0.15) is 22.6 Å². The normalized spacial score (nSPS) is 14.5. The van der Waals surface area contributed by atoms with E-state index in [1.807, 2.05) is 0 Å². The number of nitrogens with zero attached hydrogens (tertiary/aromatic N) is 5. The van der Waals surface area contributed by atoms with Gasteiger partial charge in [-0.3, -0.25) is 0 Å². The molecule has 0 unspecified atom stereocenters. The third-order valence-corrected chi connectivity index (χ3v) is 16.7. The van der Waals surface area contributed by atoms with E-state index in [-0.39, 0.29) is 19.3 Å². The molecule has 0 radical (unpaired) electrons. The third kappa shape index (κ3) is 5.15. The Balaban J connectivity index is 1.12. The van der Waals surface area contributed by atoms with Gasteiger partial charge < -0.3 is 24.5 Å². The first kappa shape index (κ1) is 40.2. The minimum Gasteiger partial charge on any atom is -0.311 e. The molecule has 0 saturated carbocycles. The summed E-state index contributed by atoms with van der Waals surface area (Å²) >= 11 is 0. The molecule has 0 aromatic heterocycles. The van der Waals surface area contributed by atoms with Crippen molar-refractivity contribution in [3.63, 3.8) is 0 Å². The van der Waals surface area contributed by atoms with Crippen molar-refractivity contribution < 1.29 is 0 Å². The molecule has 0 amide bonds. The minimum atomic E-state index is -0.122. The molecule has 0 bridgehead atoms. The molecule has 0 fully saturated rings. The summed E-state index contributed by atoms with van der Waals surface area (Å²) in [5.74, 6) is 0.0266. The van der Waals surface area contributed by atoms with Crippen LogP contribution in [0.2, 0.25) is 0 Å². The highest BCUT2D eigenvalue weighted by molar-refractivity contribution is 7.05. The van der Waals surface area contributed by atoms with E-state index in [1.54, 1.807) is 0 Å². The Bertz CT molecular complexity index is 3630. The lowest BCUT2D eigenvalue weighted by atomic mass is 9.27. The fourth-order valence-corrected chi connectivity index (χ4v) is 14.2. The SMILES string of the molecule is c1ccc(C2c3cccc4c3B3c5c2cccc5N(c2ccccc2)c2c3c(c3c5c2N(c2ccccc2)c2cccc6c2B5c2c(cccc2N3c2ccccc2)N6c2ccccc2)N4c2ccccc2)cc1. The highest BCUT2D eigenvalue weighted by Crippen LogP contribution is 2.59. The van der Waals surface area contributed by atoms with Gasteiger partial charge in [0, 0.05) is 68.5 Å². The molecule has 6 aliphatic rings. The fraction of sp³-hybridized carbons (Fsp3) is 0.0149. The van der Waals surface area contributed by atoms with Crippen LogP contribution in [0, 0.1) is 0 Å². The summed E-state index contributed by atoms with van der Waals surface area (Å²) in [6.45, 7) is -0.210. The molecule has 0 saturated heterocycles. The molecule has 0 N–H and O–H groups in total. The molecule has 6 heterocycles. The van der Waals surface area contributed by atoms with Gasteiger partial charge in [-0.15, -0.1) is 0 Å². The Morgan fingerprint density at radius 3 is 0.811 bits per heavy atom. The molecule has 0 atom stereocenters. The maximum Gasteiger partial charge on any atom is 0.257 e. The van der Waals surface area contributed by atoms with E-state index in [1.165, 1.54) is 106 Å². The summed E-state index contributed by atoms with van der Waals surface area (Å²) in [5, 5.41) is 0. The maximum absolute atomic E-state index is 2.66. The monoisotopic (exact) mass is 939 g/mol. The number of rotatable bonds is 6. The van der Waals surface area contributed by atoms with Crippen molar-refractivity contribution in [3.8, 4) is 0 Å². The molecule has 11 aromatic rings. The van der Waals surface area contributed by atoms with Crippen LogP contribution >= 0.6 is 0 Å². The average molecular weight is 940 g/mol. The first-order valence-corrected chi connectivity index (χ1v) is 25.9. The summed E-state index contributed by atoms with van der Waals surface area (Å²) in [6.07, 6.45) is 0. The van der Waals surface area contributed by atoms with Gasteiger partial charge in [-0.05, 0) is 147 Å². The lowest BCUT2D eigenvalue weighted by Gasteiger charge is -2.55. The number of hydrogen-bond acceptors (Lipinski definition) is 5. The number of anilines is 15. The van der Waals surface area contributed by atoms with Gasteiger partial charge in [0.2, 0.25) is 0 Å². The first-order valence-electron chi connectivity index (χ1n) is 25.9. The van der Waals surface area contributed by atoms with Gasteiger partial charge in [0.05, 0.1) is 22.7 Å². The molecular weight excluding hydrogens is 896 g/mol. The summed E-state index contributed by atoms with van der Waals surface area (Å²) in [5.41, 5.74) is 29.8. The summed E-state index contributed by atoms with van der Waals surface area (Å²) in [6, 6.07) is 95.3. The molecule has 6 aliphatic heterocycles. The Morgan fingerprint density at radius 2 is 0.473 bits per heavy atom. The standard InChI is InChI=1S/C67H43B2N5/c1-7-23-43(24-8-1)57-49-35-19-37-51-58(49)68-59-50(57)36-20-38-52(59)72(46-29-13-4-14-30-46)65-62(68)64(71(51)45-27-11-3-12-28-45)66-63-67(65)74(48-33-17-6-18-34-48)56-42-22-40-54-61(56)69(63)60-53(70(54)44-25-9-2-10-26-44)39-21-41-55(60)73(66)47-31-15-5-16-32-47/h1-42,57H. The summed E-state index contributed by atoms with van der Waals surface area (Å²) in [4.78, 5) is 13.1. The second kappa shape index (κ2) is 15.0. The van der Waals surface area contributed by atoms with Crippen LogP contribution in [0.25, 0.3) is 0 Å². The van der Waals surface area contributed by atoms with Crippen molar-refractivity contribution in [2.45, 2.75) is 5.92 Å². The molecule has 342 valence electrons. The number of fused-ring (bicyclic) bond motifs is 2. The van der Waals surface area contributed by atoms with E-state index in [9.17, 15) is 0 Å². The van der Waals surface area contributed by atoms with Gasteiger partial charge in [0.15, 0.2) is 0 Å². The van der Waals surface area contributed by atoms with Gasteiger partial charge in [-0.1, -0.05) is 158 Å². The van der Waals surface area contributed by atoms with Crippen LogP contribution < -0.4 is 57.3 Å². The van der Waals surface area contributed by atoms with Crippen molar-refractivity contribution in [2.75, 3.05) is 24.5 Å². The quantitative estimate of drug-likeness (QED) is 0.154. The zero-order valence-corrected chi connectivity index (χ0v) is 40.2. The molecule has 5 nitrogen and oxygen atoms in total. The molecule has 11 aromatic carbocycles. The Morgan fingerprint density at radius 1 is 0.216 bits per heavy atom. The predicted molar refractivity (Wildman–Crippen MR) is 310 cm³/mol. The third-order valence-electron chi connectivity index (χ3n) is 16.7. The van der Waals surface area contributed by atoms with Crippen molar-refractivity contribution in [2.24, 2.45) is 0 Å². The Labute approximate surface area is 431 Å². The van der Waals surface area contributed by atoms with Crippen molar-refractivity contribution in [1.82, 2.24) is 0 Å². The zero-order chi connectivity index (χ0) is 48.2. The van der Waals surface area contributed by atoms with E-state index in [0.29, 0.717) is 0 Å². The Kier molecular flexibility index (Phi) is 8.17. The van der Waals surface area contributed by atoms with Crippen molar-refractivity contribution in [1.29, 1.82) is 0 Å². The molecular formula is C67H43B2N5. The van der Waals surface area contributed by atoms with Crippen LogP contribution in [0.4, 0.5) is 85.3 Å². The Hall–Kier alpha value is -9.45. The van der Waals surface area contributed by atoms with Gasteiger partial charge in [0.1, 0.15) is 0 Å². The van der Waals surface area contributed by atoms with E-state index in [2.05, 4.69) is 279 Å². The molecule has 0 spiro atoms. The zero-order valence-electron chi connectivity index (χ0n) is 40.2. The minimum absolute atomic E-state index is 0.0266. The molecule has 0 aliphatic carbocycles. The van der Waals surface area contributed by atoms with E-state index in [4.69, 9.17) is 0 Å². The van der Waals surface area contributed by atoms with E-state index >= 15 is 0 Å². The summed E-state index contributed by atoms with van der Waals surface area (Å²) in [7, 11) is 0. The number of para-hydroxylation sites is 5. The molecule has 7 heteroatoms. The van der Waals surface area contributed by atoms with Crippen LogP contribution in [0.15, 0.2) is 255 Å². The van der Waals surface area contributed by atoms with Crippen LogP contribution in [0.3, 0.4) is 0 Å².